The number of rotatable bonds is 1. The van der Waals surface area contributed by atoms with Gasteiger partial charge in [-0.25, -0.2) is 4.68 Å². The molecule has 0 atom stereocenters. The van der Waals surface area contributed by atoms with E-state index in [9.17, 15) is 8.78 Å². The summed E-state index contributed by atoms with van der Waals surface area (Å²) in [6, 6.07) is 1.72. The number of fused-ring (bicyclic) bond motifs is 1. The first-order valence-electron chi connectivity index (χ1n) is 3.76. The number of nitrogens with zero attached hydrogens (tertiary/aromatic N) is 3. The van der Waals surface area contributed by atoms with Crippen molar-refractivity contribution in [3.05, 3.63) is 24.2 Å². The van der Waals surface area contributed by atoms with Crippen LogP contribution >= 0.6 is 0 Å². The van der Waals surface area contributed by atoms with Crippen LogP contribution in [0.2, 0.25) is 0 Å². The van der Waals surface area contributed by atoms with Crippen molar-refractivity contribution >= 4 is 10.9 Å². The van der Waals surface area contributed by atoms with Crippen LogP contribution in [-0.2, 0) is 0 Å². The van der Waals surface area contributed by atoms with E-state index >= 15 is 0 Å². The maximum atomic E-state index is 12.2. The molecule has 2 heterocycles. The summed E-state index contributed by atoms with van der Waals surface area (Å²) in [7, 11) is 0. The van der Waals surface area contributed by atoms with Crippen LogP contribution in [0.1, 0.15) is 12.2 Å². The smallest absolute Gasteiger partial charge is 0.259 e. The largest absolute Gasteiger partial charge is 0.333 e. The van der Waals surface area contributed by atoms with Gasteiger partial charge in [-0.05, 0) is 13.0 Å². The maximum absolute atomic E-state index is 12.2. The van der Waals surface area contributed by atoms with E-state index in [1.165, 1.54) is 12.4 Å². The highest BCUT2D eigenvalue weighted by atomic mass is 19.3. The van der Waals surface area contributed by atoms with E-state index in [0.717, 1.165) is 5.69 Å². The van der Waals surface area contributed by atoms with Crippen LogP contribution in [0.4, 0.5) is 8.78 Å². The Morgan fingerprint density at radius 3 is 2.92 bits per heavy atom. The van der Waals surface area contributed by atoms with Crippen molar-refractivity contribution in [3.8, 4) is 0 Å². The average Bonchev–Trinajstić information content (AvgIpc) is 2.46. The molecule has 3 nitrogen and oxygen atoms in total. The molecule has 0 aromatic carbocycles. The van der Waals surface area contributed by atoms with Gasteiger partial charge in [0.15, 0.2) is 0 Å². The summed E-state index contributed by atoms with van der Waals surface area (Å²) in [5.41, 5.74) is 1.28. The van der Waals surface area contributed by atoms with Gasteiger partial charge < -0.3 is 0 Å². The molecule has 2 aromatic rings. The van der Waals surface area contributed by atoms with Crippen molar-refractivity contribution in [1.29, 1.82) is 0 Å². The molecule has 0 unspecified atom stereocenters. The van der Waals surface area contributed by atoms with Crippen molar-refractivity contribution < 1.29 is 8.78 Å². The van der Waals surface area contributed by atoms with E-state index in [2.05, 4.69) is 10.1 Å². The van der Waals surface area contributed by atoms with E-state index < -0.39 is 6.55 Å². The molecule has 0 fully saturated rings. The first-order valence-corrected chi connectivity index (χ1v) is 3.76. The Morgan fingerprint density at radius 1 is 1.46 bits per heavy atom. The van der Waals surface area contributed by atoms with Crippen LogP contribution in [0.3, 0.4) is 0 Å². The first-order chi connectivity index (χ1) is 6.16. The van der Waals surface area contributed by atoms with Crippen LogP contribution in [-0.4, -0.2) is 14.8 Å². The minimum absolute atomic E-state index is 0.492. The van der Waals surface area contributed by atoms with Gasteiger partial charge in [-0.15, -0.1) is 0 Å². The molecule has 0 saturated heterocycles. The van der Waals surface area contributed by atoms with E-state index in [0.29, 0.717) is 15.6 Å². The molecule has 0 aliphatic rings. The third-order valence-corrected chi connectivity index (χ3v) is 1.75. The molecule has 13 heavy (non-hydrogen) atoms. The van der Waals surface area contributed by atoms with Crippen molar-refractivity contribution in [3.63, 3.8) is 0 Å². The highest BCUT2D eigenvalue weighted by molar-refractivity contribution is 5.77. The van der Waals surface area contributed by atoms with Gasteiger partial charge >= 0.3 is 6.55 Å². The van der Waals surface area contributed by atoms with Crippen molar-refractivity contribution in [2.24, 2.45) is 0 Å². The molecule has 0 saturated carbocycles. The van der Waals surface area contributed by atoms with Gasteiger partial charge in [-0.3, -0.25) is 4.98 Å². The molecule has 0 bridgehead atoms. The van der Waals surface area contributed by atoms with Crippen LogP contribution in [0.5, 0.6) is 0 Å². The van der Waals surface area contributed by atoms with Crippen molar-refractivity contribution in [2.75, 3.05) is 0 Å². The standard InChI is InChI=1S/C8H7F2N3/c1-5-2-6-4-13(8(9)10)12-7(6)3-11-5/h2-4,8H,1H3. The molecule has 0 aliphatic carbocycles. The lowest BCUT2D eigenvalue weighted by Crippen LogP contribution is -1.96. The molecule has 0 amide bonds. The fourth-order valence-corrected chi connectivity index (χ4v) is 1.16. The molecule has 0 spiro atoms. The van der Waals surface area contributed by atoms with E-state index in [-0.39, 0.29) is 0 Å². The van der Waals surface area contributed by atoms with Gasteiger partial charge in [0.1, 0.15) is 5.52 Å². The Labute approximate surface area is 73.0 Å². The average molecular weight is 183 g/mol. The topological polar surface area (TPSA) is 30.7 Å². The van der Waals surface area contributed by atoms with E-state index in [4.69, 9.17) is 0 Å². The van der Waals surface area contributed by atoms with Gasteiger partial charge in [-0.1, -0.05) is 0 Å². The predicted octanol–water partition coefficient (Wildman–Crippen LogP) is 2.13. The summed E-state index contributed by atoms with van der Waals surface area (Å²) >= 11 is 0. The second-order valence-corrected chi connectivity index (χ2v) is 2.77. The number of alkyl halides is 2. The van der Waals surface area contributed by atoms with Gasteiger partial charge in [0, 0.05) is 17.3 Å². The Morgan fingerprint density at radius 2 is 2.23 bits per heavy atom. The second kappa shape index (κ2) is 2.76. The number of halogens is 2. The summed E-state index contributed by atoms with van der Waals surface area (Å²) in [5, 5.41) is 4.35. The highest BCUT2D eigenvalue weighted by Gasteiger charge is 2.08. The Kier molecular flexibility index (Phi) is 1.72. The van der Waals surface area contributed by atoms with Crippen LogP contribution in [0.25, 0.3) is 10.9 Å². The fourth-order valence-electron chi connectivity index (χ4n) is 1.16. The van der Waals surface area contributed by atoms with Gasteiger partial charge in [-0.2, -0.15) is 13.9 Å². The summed E-state index contributed by atoms with van der Waals surface area (Å²) in [6.07, 6.45) is 2.80. The highest BCUT2D eigenvalue weighted by Crippen LogP contribution is 2.16. The zero-order chi connectivity index (χ0) is 9.42. The zero-order valence-electron chi connectivity index (χ0n) is 6.91. The normalized spacial score (nSPS) is 11.4. The molecule has 2 rings (SSSR count). The van der Waals surface area contributed by atoms with Gasteiger partial charge in [0.2, 0.25) is 0 Å². The summed E-state index contributed by atoms with van der Waals surface area (Å²) in [4.78, 5) is 3.96. The maximum Gasteiger partial charge on any atom is 0.333 e. The third-order valence-electron chi connectivity index (χ3n) is 1.75. The predicted molar refractivity (Wildman–Crippen MR) is 43.5 cm³/mol. The number of aryl methyl sites for hydroxylation is 1. The Hall–Kier alpha value is -1.52. The number of aromatic nitrogens is 3. The summed E-state index contributed by atoms with van der Waals surface area (Å²) in [6.45, 7) is -0.785. The summed E-state index contributed by atoms with van der Waals surface area (Å²) in [5.74, 6) is 0. The van der Waals surface area contributed by atoms with Gasteiger partial charge in [0.25, 0.3) is 0 Å². The molecule has 0 radical (unpaired) electrons. The molecular formula is C8H7F2N3. The number of pyridine rings is 1. The number of hydrogen-bond acceptors (Lipinski definition) is 2. The quantitative estimate of drug-likeness (QED) is 0.678. The molecule has 2 aromatic heterocycles. The molecule has 68 valence electrons. The SMILES string of the molecule is Cc1cc2cn(C(F)F)nc2cn1. The number of hydrogen-bond donors (Lipinski definition) is 0. The van der Waals surface area contributed by atoms with E-state index in [1.54, 1.807) is 13.0 Å². The minimum atomic E-state index is -2.59. The van der Waals surface area contributed by atoms with Crippen LogP contribution in [0, 0.1) is 6.92 Å². The zero-order valence-corrected chi connectivity index (χ0v) is 6.91. The lowest BCUT2D eigenvalue weighted by molar-refractivity contribution is 0.0574. The fraction of sp³-hybridized carbons (Fsp3) is 0.250. The van der Waals surface area contributed by atoms with Crippen molar-refractivity contribution in [2.45, 2.75) is 13.5 Å². The monoisotopic (exact) mass is 183 g/mol. The molecule has 5 heteroatoms. The third kappa shape index (κ3) is 1.37. The molecule has 0 aliphatic heterocycles. The molecular weight excluding hydrogens is 176 g/mol. The van der Waals surface area contributed by atoms with E-state index in [1.807, 2.05) is 0 Å². The lowest BCUT2D eigenvalue weighted by Gasteiger charge is -1.94. The Balaban J connectivity index is 2.62. The van der Waals surface area contributed by atoms with Crippen LogP contribution in [0.15, 0.2) is 18.5 Å². The molecule has 0 N–H and O–H groups in total. The summed E-state index contributed by atoms with van der Waals surface area (Å²) < 4.78 is 25.0. The Bertz CT molecular complexity index is 436. The lowest BCUT2D eigenvalue weighted by atomic mass is 10.3. The van der Waals surface area contributed by atoms with Gasteiger partial charge in [0.05, 0.1) is 6.20 Å². The minimum Gasteiger partial charge on any atom is -0.259 e. The van der Waals surface area contributed by atoms with Crippen LogP contribution < -0.4 is 0 Å². The second-order valence-electron chi connectivity index (χ2n) is 2.77. The first kappa shape index (κ1) is 8.10. The van der Waals surface area contributed by atoms with Crippen molar-refractivity contribution in [1.82, 2.24) is 14.8 Å².